The number of ether oxygens (including phenoxy) is 2. The van der Waals surface area contributed by atoms with Crippen molar-refractivity contribution in [3.05, 3.63) is 0 Å². The Bertz CT molecular complexity index is 386. The Morgan fingerprint density at radius 2 is 1.46 bits per heavy atom. The fourth-order valence-electron chi connectivity index (χ4n) is 3.75. The van der Waals surface area contributed by atoms with Crippen LogP contribution in [-0.4, -0.2) is 35.1 Å². The molecule has 0 N–H and O–H groups in total. The summed E-state index contributed by atoms with van der Waals surface area (Å²) in [6, 6.07) is 0. The van der Waals surface area contributed by atoms with Gasteiger partial charge in [0.25, 0.3) is 0 Å². The molecule has 1 radical (unpaired) electrons. The lowest BCUT2D eigenvalue weighted by atomic mass is 9.67. The molecule has 1 heterocycles. The van der Waals surface area contributed by atoms with E-state index in [4.69, 9.17) is 9.47 Å². The second-order valence-corrected chi connectivity index (χ2v) is 8.98. The lowest BCUT2D eigenvalue weighted by Crippen LogP contribution is -2.71. The van der Waals surface area contributed by atoms with Gasteiger partial charge in [0.15, 0.2) is 5.79 Å². The largest absolute Gasteiger partial charge is 0.349 e. The van der Waals surface area contributed by atoms with Gasteiger partial charge in [0.2, 0.25) is 0 Å². The predicted molar refractivity (Wildman–Crippen MR) is 98.0 cm³/mol. The van der Waals surface area contributed by atoms with Gasteiger partial charge in [-0.25, -0.2) is 0 Å². The van der Waals surface area contributed by atoms with E-state index in [1.54, 1.807) is 0 Å². The van der Waals surface area contributed by atoms with Gasteiger partial charge in [-0.1, -0.05) is 48.5 Å². The minimum Gasteiger partial charge on any atom is -0.349 e. The predicted octanol–water partition coefficient (Wildman–Crippen LogP) is 5.05. The lowest BCUT2D eigenvalue weighted by Gasteiger charge is -2.60. The Hall–Kier alpha value is -0.160. The van der Waals surface area contributed by atoms with Gasteiger partial charge in [-0.3, -0.25) is 0 Å². The average Bonchev–Trinajstić information content (AvgIpc) is 2.54. The van der Waals surface area contributed by atoms with E-state index in [1.807, 2.05) is 0 Å². The monoisotopic (exact) mass is 342 g/mol. The van der Waals surface area contributed by atoms with E-state index >= 15 is 0 Å². The van der Waals surface area contributed by atoms with Gasteiger partial charge < -0.3 is 9.47 Å². The first-order valence-corrected chi connectivity index (χ1v) is 9.72. The highest BCUT2D eigenvalue weighted by molar-refractivity contribution is 5.07. The van der Waals surface area contributed by atoms with Gasteiger partial charge in [-0.2, -0.15) is 0 Å². The van der Waals surface area contributed by atoms with Crippen LogP contribution in [0.3, 0.4) is 0 Å². The van der Waals surface area contributed by atoms with Crippen molar-refractivity contribution in [3.8, 4) is 0 Å². The maximum Gasteiger partial charge on any atom is 0.174 e. The highest BCUT2D eigenvalue weighted by Crippen LogP contribution is 2.51. The van der Waals surface area contributed by atoms with Crippen LogP contribution in [0.4, 0.5) is 0 Å². The van der Waals surface area contributed by atoms with Crippen LogP contribution < -0.4 is 0 Å². The van der Waals surface area contributed by atoms with Crippen molar-refractivity contribution in [2.24, 2.45) is 17.8 Å². The van der Waals surface area contributed by atoms with Crippen LogP contribution in [0.5, 0.6) is 0 Å². The summed E-state index contributed by atoms with van der Waals surface area (Å²) in [6.45, 7) is 20.4. The summed E-state index contributed by atoms with van der Waals surface area (Å²) >= 11 is 0. The molecule has 3 unspecified atom stereocenters. The molecule has 0 aromatic rings. The molecule has 4 heteroatoms. The van der Waals surface area contributed by atoms with Crippen LogP contribution >= 0.6 is 0 Å². The van der Waals surface area contributed by atoms with Crippen LogP contribution in [0.2, 0.25) is 0 Å². The van der Waals surface area contributed by atoms with Crippen LogP contribution in [-0.2, 0) is 14.7 Å². The van der Waals surface area contributed by atoms with Gasteiger partial charge in [-0.15, -0.1) is 10.3 Å². The molecule has 0 aliphatic carbocycles. The van der Waals surface area contributed by atoms with Crippen molar-refractivity contribution in [2.45, 2.75) is 98.4 Å². The molecule has 1 rings (SSSR count). The fraction of sp³-hybridized carbons (Fsp3) is 1.00. The molecule has 4 nitrogen and oxygen atoms in total. The maximum atomic E-state index is 13.2. The molecule has 1 fully saturated rings. The number of piperidine rings is 1. The number of nitrogens with zero attached hydrogens (tertiary/aromatic N) is 1. The Balaban J connectivity index is 3.30. The smallest absolute Gasteiger partial charge is 0.174 e. The van der Waals surface area contributed by atoms with Gasteiger partial charge in [0.1, 0.15) is 0 Å². The maximum absolute atomic E-state index is 13.2. The molecular formula is C20H40NO3. The summed E-state index contributed by atoms with van der Waals surface area (Å²) in [5.74, 6) is 0.181. The molecule has 3 atom stereocenters. The molecule has 0 spiro atoms. The molecule has 143 valence electrons. The minimum absolute atomic E-state index is 0.00428. The molecule has 0 amide bonds. The molecule has 0 aromatic heterocycles. The molecule has 0 bridgehead atoms. The standard InChI is InChI=1S/C20H40NO3/c1-10-18(8)14-20(23-12-15(3)4,24-13-16(5)6)17(7)19(9,11-2)21(18)22/h15-17H,10-14H2,1-9H3. The summed E-state index contributed by atoms with van der Waals surface area (Å²) in [4.78, 5) is 0. The summed E-state index contributed by atoms with van der Waals surface area (Å²) in [5.41, 5.74) is -0.956. The third-order valence-corrected chi connectivity index (χ3v) is 5.97. The van der Waals surface area contributed by atoms with Crippen molar-refractivity contribution in [1.29, 1.82) is 0 Å². The van der Waals surface area contributed by atoms with Crippen LogP contribution in [0.25, 0.3) is 0 Å². The van der Waals surface area contributed by atoms with Gasteiger partial charge >= 0.3 is 0 Å². The third kappa shape index (κ3) is 4.14. The van der Waals surface area contributed by atoms with E-state index in [-0.39, 0.29) is 5.92 Å². The third-order valence-electron chi connectivity index (χ3n) is 5.97. The van der Waals surface area contributed by atoms with Gasteiger partial charge in [0, 0.05) is 12.3 Å². The zero-order valence-corrected chi connectivity index (χ0v) is 17.4. The fourth-order valence-corrected chi connectivity index (χ4v) is 3.75. The van der Waals surface area contributed by atoms with E-state index in [0.717, 1.165) is 12.8 Å². The van der Waals surface area contributed by atoms with E-state index in [1.165, 1.54) is 5.06 Å². The van der Waals surface area contributed by atoms with E-state index in [0.29, 0.717) is 31.5 Å². The van der Waals surface area contributed by atoms with E-state index in [2.05, 4.69) is 62.3 Å². The van der Waals surface area contributed by atoms with Crippen LogP contribution in [0.15, 0.2) is 0 Å². The first kappa shape index (κ1) is 21.9. The van der Waals surface area contributed by atoms with Crippen molar-refractivity contribution >= 4 is 0 Å². The topological polar surface area (TPSA) is 41.6 Å². The van der Waals surface area contributed by atoms with Gasteiger partial charge in [0.05, 0.1) is 24.3 Å². The van der Waals surface area contributed by atoms with Crippen LogP contribution in [0, 0.1) is 17.8 Å². The minimum atomic E-state index is -0.690. The molecular weight excluding hydrogens is 302 g/mol. The number of hydrogen-bond acceptors (Lipinski definition) is 3. The van der Waals surface area contributed by atoms with Gasteiger partial charge in [-0.05, 0) is 38.5 Å². The molecule has 0 aromatic carbocycles. The normalized spacial score (nSPS) is 34.2. The van der Waals surface area contributed by atoms with E-state index in [9.17, 15) is 5.21 Å². The summed E-state index contributed by atoms with van der Waals surface area (Å²) in [7, 11) is 0. The second kappa shape index (κ2) is 8.03. The van der Waals surface area contributed by atoms with Crippen molar-refractivity contribution < 1.29 is 14.7 Å². The quantitative estimate of drug-likeness (QED) is 0.579. The Labute approximate surface area is 149 Å². The van der Waals surface area contributed by atoms with Crippen molar-refractivity contribution in [2.75, 3.05) is 13.2 Å². The Kier molecular flexibility index (Phi) is 7.32. The molecule has 24 heavy (non-hydrogen) atoms. The zero-order valence-electron chi connectivity index (χ0n) is 17.4. The molecule has 0 saturated carbocycles. The Morgan fingerprint density at radius 1 is 1.00 bits per heavy atom. The highest BCUT2D eigenvalue weighted by atomic mass is 16.7. The Morgan fingerprint density at radius 3 is 1.79 bits per heavy atom. The van der Waals surface area contributed by atoms with Crippen molar-refractivity contribution in [3.63, 3.8) is 0 Å². The average molecular weight is 343 g/mol. The summed E-state index contributed by atoms with van der Waals surface area (Å²) in [5, 5.41) is 14.6. The summed E-state index contributed by atoms with van der Waals surface area (Å²) < 4.78 is 12.9. The molecule has 1 aliphatic rings. The summed E-state index contributed by atoms with van der Waals surface area (Å²) in [6.07, 6.45) is 2.19. The lowest BCUT2D eigenvalue weighted by molar-refractivity contribution is -0.394. The second-order valence-electron chi connectivity index (χ2n) is 8.98. The first-order chi connectivity index (χ1) is 11.0. The number of hydroxylamine groups is 2. The SMILES string of the molecule is CCC1(C)CC(OCC(C)C)(OCC(C)C)C(C)C(C)(CC)N1[O]. The van der Waals surface area contributed by atoms with Crippen molar-refractivity contribution in [1.82, 2.24) is 5.06 Å². The number of rotatable bonds is 8. The zero-order chi connectivity index (χ0) is 18.8. The molecule has 1 saturated heterocycles. The highest BCUT2D eigenvalue weighted by Gasteiger charge is 2.61. The molecule has 1 aliphatic heterocycles. The van der Waals surface area contributed by atoms with E-state index < -0.39 is 16.9 Å². The van der Waals surface area contributed by atoms with Crippen LogP contribution in [0.1, 0.15) is 81.6 Å². The number of hydrogen-bond donors (Lipinski definition) is 0. The first-order valence-electron chi connectivity index (χ1n) is 9.72.